The molecular formula is C11H15NaO4S. The van der Waals surface area contributed by atoms with Crippen LogP contribution in [0.1, 0.15) is 30.4 Å². The minimum absolute atomic E-state index is 0. The maximum absolute atomic E-state index is 10.6. The van der Waals surface area contributed by atoms with Crippen molar-refractivity contribution in [3.63, 3.8) is 0 Å². The zero-order chi connectivity index (χ0) is 12.3. The van der Waals surface area contributed by atoms with Crippen molar-refractivity contribution in [2.75, 3.05) is 0 Å². The van der Waals surface area contributed by atoms with Crippen molar-refractivity contribution in [1.82, 2.24) is 0 Å². The molecule has 4 nitrogen and oxygen atoms in total. The molecule has 0 saturated heterocycles. The van der Waals surface area contributed by atoms with Gasteiger partial charge in [-0.15, -0.1) is 0 Å². The van der Waals surface area contributed by atoms with Gasteiger partial charge in [-0.25, -0.2) is 8.42 Å². The van der Waals surface area contributed by atoms with Crippen molar-refractivity contribution in [3.05, 3.63) is 35.4 Å². The average Bonchev–Trinajstić information content (AvgIpc) is 2.15. The van der Waals surface area contributed by atoms with Crippen LogP contribution in [-0.2, 0) is 16.5 Å². The van der Waals surface area contributed by atoms with Gasteiger partial charge in [0.15, 0.2) is 5.44 Å². The summed E-state index contributed by atoms with van der Waals surface area (Å²) in [5.41, 5.74) is -0.808. The second kappa shape index (κ2) is 6.87. The van der Waals surface area contributed by atoms with Crippen LogP contribution in [0.4, 0.5) is 0 Å². The predicted molar refractivity (Wildman–Crippen MR) is 59.6 cm³/mol. The second-order valence-corrected chi connectivity index (χ2v) is 5.62. The number of aliphatic hydroxyl groups is 1. The number of benzene rings is 1. The van der Waals surface area contributed by atoms with Gasteiger partial charge in [0.25, 0.3) is 0 Å². The summed E-state index contributed by atoms with van der Waals surface area (Å²) in [4.78, 5) is 0. The van der Waals surface area contributed by atoms with Gasteiger partial charge in [-0.3, -0.25) is 0 Å². The van der Waals surface area contributed by atoms with Gasteiger partial charge in [-0.2, -0.15) is 0 Å². The molecule has 1 rings (SSSR count). The van der Waals surface area contributed by atoms with Gasteiger partial charge >= 0.3 is 29.6 Å². The molecular weight excluding hydrogens is 251 g/mol. The van der Waals surface area contributed by atoms with Crippen molar-refractivity contribution in [2.24, 2.45) is 5.92 Å². The molecule has 90 valence electrons. The summed E-state index contributed by atoms with van der Waals surface area (Å²) >= 11 is 0. The fourth-order valence-electron chi connectivity index (χ4n) is 1.46. The van der Waals surface area contributed by atoms with Crippen LogP contribution in [0.5, 0.6) is 0 Å². The zero-order valence-corrected chi connectivity index (χ0v) is 13.1. The molecule has 1 N–H and O–H groups in total. The van der Waals surface area contributed by atoms with E-state index in [1.807, 2.05) is 0 Å². The van der Waals surface area contributed by atoms with E-state index in [1.54, 1.807) is 12.1 Å². The molecule has 0 heterocycles. The first-order valence-electron chi connectivity index (χ1n) is 5.02. The topological polar surface area (TPSA) is 77.4 Å². The number of rotatable bonds is 4. The molecule has 0 aliphatic rings. The van der Waals surface area contributed by atoms with Gasteiger partial charge < -0.3 is 9.66 Å². The van der Waals surface area contributed by atoms with Crippen molar-refractivity contribution in [3.8, 4) is 0 Å². The Labute approximate surface area is 124 Å². The first-order chi connectivity index (χ1) is 7.30. The van der Waals surface area contributed by atoms with Gasteiger partial charge in [0.2, 0.25) is 0 Å². The fraction of sp³-hybridized carbons (Fsp3) is 0.455. The quantitative estimate of drug-likeness (QED) is 0.527. The summed E-state index contributed by atoms with van der Waals surface area (Å²) in [6.45, 7) is 4.15. The molecule has 1 aromatic carbocycles. The van der Waals surface area contributed by atoms with Crippen LogP contribution in [0, 0.1) is 5.92 Å². The summed E-state index contributed by atoms with van der Waals surface area (Å²) in [6.07, 6.45) is 0.875. The van der Waals surface area contributed by atoms with Crippen molar-refractivity contribution in [2.45, 2.75) is 25.7 Å². The Morgan fingerprint density at radius 1 is 1.24 bits per heavy atom. The Kier molecular flexibility index (Phi) is 6.91. The number of aliphatic hydroxyl groups excluding tert-OH is 1. The van der Waals surface area contributed by atoms with Crippen molar-refractivity contribution in [1.29, 1.82) is 0 Å². The SMILES string of the molecule is CC(C)Cc1ccc(C(O)S(=O)(=O)[O-])cc1.[Na+]. The maximum atomic E-state index is 10.6. The van der Waals surface area contributed by atoms with E-state index in [0.717, 1.165) is 12.0 Å². The number of hydrogen-bond donors (Lipinski definition) is 1. The van der Waals surface area contributed by atoms with Gasteiger partial charge in [-0.1, -0.05) is 38.1 Å². The molecule has 0 saturated carbocycles. The van der Waals surface area contributed by atoms with Crippen LogP contribution in [0.15, 0.2) is 24.3 Å². The Morgan fingerprint density at radius 3 is 2.06 bits per heavy atom. The summed E-state index contributed by atoms with van der Waals surface area (Å²) in [5, 5.41) is 9.23. The molecule has 17 heavy (non-hydrogen) atoms. The molecule has 0 aromatic heterocycles. The Hall–Kier alpha value is 0.0900. The Morgan fingerprint density at radius 2 is 1.71 bits per heavy atom. The van der Waals surface area contributed by atoms with E-state index in [1.165, 1.54) is 12.1 Å². The zero-order valence-electron chi connectivity index (χ0n) is 10.3. The summed E-state index contributed by atoms with van der Waals surface area (Å²) in [5.74, 6) is 0.499. The third-order valence-corrected chi connectivity index (χ3v) is 3.00. The minimum Gasteiger partial charge on any atom is -0.746 e. The van der Waals surface area contributed by atoms with E-state index in [4.69, 9.17) is 0 Å². The smallest absolute Gasteiger partial charge is 0.746 e. The van der Waals surface area contributed by atoms with E-state index in [0.29, 0.717) is 5.92 Å². The van der Waals surface area contributed by atoms with Crippen molar-refractivity contribution >= 4 is 10.1 Å². The molecule has 1 atom stereocenters. The monoisotopic (exact) mass is 266 g/mol. The first-order valence-corrected chi connectivity index (χ1v) is 6.49. The normalized spacial score (nSPS) is 13.2. The largest absolute Gasteiger partial charge is 1.00 e. The van der Waals surface area contributed by atoms with Crippen LogP contribution < -0.4 is 29.6 Å². The molecule has 0 amide bonds. The van der Waals surface area contributed by atoms with Gasteiger partial charge in [0.1, 0.15) is 10.1 Å². The predicted octanol–water partition coefficient (Wildman–Crippen LogP) is -1.57. The molecule has 0 bridgehead atoms. The molecule has 1 unspecified atom stereocenters. The van der Waals surface area contributed by atoms with E-state index >= 15 is 0 Å². The van der Waals surface area contributed by atoms with Gasteiger partial charge in [0, 0.05) is 0 Å². The second-order valence-electron chi connectivity index (χ2n) is 4.18. The van der Waals surface area contributed by atoms with Gasteiger partial charge in [-0.05, 0) is 23.5 Å². The average molecular weight is 266 g/mol. The van der Waals surface area contributed by atoms with E-state index < -0.39 is 15.6 Å². The van der Waals surface area contributed by atoms with Crippen LogP contribution in [0.25, 0.3) is 0 Å². The van der Waals surface area contributed by atoms with Crippen LogP contribution in [0.2, 0.25) is 0 Å². The Balaban J connectivity index is 0.00000256. The van der Waals surface area contributed by atoms with Crippen LogP contribution >= 0.6 is 0 Å². The third-order valence-electron chi connectivity index (χ3n) is 2.18. The molecule has 0 fully saturated rings. The van der Waals surface area contributed by atoms with Gasteiger partial charge in [0.05, 0.1) is 0 Å². The van der Waals surface area contributed by atoms with Crippen LogP contribution in [0.3, 0.4) is 0 Å². The summed E-state index contributed by atoms with van der Waals surface area (Å²) in [7, 11) is -4.69. The third kappa shape index (κ3) is 5.50. The molecule has 0 aliphatic carbocycles. The minimum atomic E-state index is -4.69. The standard InChI is InChI=1S/C11H16O4S.Na/c1-8(2)7-9-3-5-10(6-4-9)11(12)16(13,14)15;/h3-6,8,11-12H,7H2,1-2H3,(H,13,14,15);/q;+1/p-1. The number of hydrogen-bond acceptors (Lipinski definition) is 4. The van der Waals surface area contributed by atoms with E-state index in [-0.39, 0.29) is 35.1 Å². The summed E-state index contributed by atoms with van der Waals surface area (Å²) < 4.78 is 31.8. The summed E-state index contributed by atoms with van der Waals surface area (Å²) in [6, 6.07) is 6.39. The Bertz CT molecular complexity index is 439. The van der Waals surface area contributed by atoms with E-state index in [9.17, 15) is 18.1 Å². The van der Waals surface area contributed by atoms with Crippen molar-refractivity contribution < 1.29 is 47.6 Å². The molecule has 0 aliphatic heterocycles. The van der Waals surface area contributed by atoms with Crippen LogP contribution in [-0.4, -0.2) is 18.1 Å². The fourth-order valence-corrected chi connectivity index (χ4v) is 1.95. The molecule has 1 aromatic rings. The molecule has 0 radical (unpaired) electrons. The maximum Gasteiger partial charge on any atom is 1.00 e. The van der Waals surface area contributed by atoms with E-state index in [2.05, 4.69) is 13.8 Å². The molecule has 0 spiro atoms. The first kappa shape index (κ1) is 17.1. The molecule has 6 heteroatoms.